The molecule has 0 unspecified atom stereocenters. The minimum absolute atomic E-state index is 0.0333. The third-order valence-corrected chi connectivity index (χ3v) is 4.50. The Labute approximate surface area is 165 Å². The molecule has 10 heteroatoms. The normalized spacial score (nSPS) is 13.9. The summed E-state index contributed by atoms with van der Waals surface area (Å²) in [4.78, 5) is 27.5. The SMILES string of the molecule is O=C(Nc1ccccc1C(=O)N1CCOCC1)c1cc(F)ccc1-n1cnnn1. The van der Waals surface area contributed by atoms with Gasteiger partial charge in [-0.05, 0) is 40.8 Å². The molecule has 0 atom stereocenters. The number of benzene rings is 2. The Bertz CT molecular complexity index is 1030. The minimum Gasteiger partial charge on any atom is -0.378 e. The number of nitrogens with zero attached hydrogens (tertiary/aromatic N) is 5. The predicted octanol–water partition coefficient (Wildman–Crippen LogP) is 1.53. The summed E-state index contributed by atoms with van der Waals surface area (Å²) < 4.78 is 20.4. The first kappa shape index (κ1) is 18.7. The summed E-state index contributed by atoms with van der Waals surface area (Å²) in [6.07, 6.45) is 1.31. The third-order valence-electron chi connectivity index (χ3n) is 4.50. The maximum absolute atomic E-state index is 13.8. The fraction of sp³-hybridized carbons (Fsp3) is 0.211. The van der Waals surface area contributed by atoms with Crippen molar-refractivity contribution < 1.29 is 18.7 Å². The summed E-state index contributed by atoms with van der Waals surface area (Å²) in [5.41, 5.74) is 1.03. The molecule has 2 aromatic carbocycles. The summed E-state index contributed by atoms with van der Waals surface area (Å²) in [6, 6.07) is 10.4. The number of hydrogen-bond donors (Lipinski definition) is 1. The van der Waals surface area contributed by atoms with Gasteiger partial charge < -0.3 is 15.0 Å². The number of tetrazole rings is 1. The van der Waals surface area contributed by atoms with E-state index >= 15 is 0 Å². The van der Waals surface area contributed by atoms with Crippen molar-refractivity contribution in [3.63, 3.8) is 0 Å². The van der Waals surface area contributed by atoms with Gasteiger partial charge in [-0.15, -0.1) is 5.10 Å². The highest BCUT2D eigenvalue weighted by Crippen LogP contribution is 2.21. The fourth-order valence-electron chi connectivity index (χ4n) is 3.07. The van der Waals surface area contributed by atoms with E-state index in [4.69, 9.17) is 4.74 Å². The fourth-order valence-corrected chi connectivity index (χ4v) is 3.07. The van der Waals surface area contributed by atoms with E-state index in [1.165, 1.54) is 23.1 Å². The van der Waals surface area contributed by atoms with Gasteiger partial charge in [-0.1, -0.05) is 12.1 Å². The average Bonchev–Trinajstić information content (AvgIpc) is 3.29. The van der Waals surface area contributed by atoms with E-state index in [0.29, 0.717) is 43.2 Å². The zero-order chi connectivity index (χ0) is 20.2. The summed E-state index contributed by atoms with van der Waals surface area (Å²) >= 11 is 0. The van der Waals surface area contributed by atoms with Gasteiger partial charge in [0.15, 0.2) is 0 Å². The number of anilines is 1. The van der Waals surface area contributed by atoms with Crippen molar-refractivity contribution in [2.75, 3.05) is 31.6 Å². The van der Waals surface area contributed by atoms with Gasteiger partial charge in [0.2, 0.25) is 0 Å². The van der Waals surface area contributed by atoms with Crippen LogP contribution in [0, 0.1) is 5.82 Å². The van der Waals surface area contributed by atoms with E-state index in [1.54, 1.807) is 29.2 Å². The first-order valence-electron chi connectivity index (χ1n) is 8.94. The van der Waals surface area contributed by atoms with Crippen molar-refractivity contribution in [2.24, 2.45) is 0 Å². The Morgan fingerprint density at radius 1 is 1.07 bits per heavy atom. The average molecular weight is 396 g/mol. The highest BCUT2D eigenvalue weighted by molar-refractivity contribution is 6.10. The van der Waals surface area contributed by atoms with Crippen LogP contribution in [-0.2, 0) is 4.74 Å². The Morgan fingerprint density at radius 2 is 1.86 bits per heavy atom. The molecule has 1 aromatic heterocycles. The quantitative estimate of drug-likeness (QED) is 0.718. The summed E-state index contributed by atoms with van der Waals surface area (Å²) in [6.45, 7) is 1.90. The number of carbonyl (C=O) groups is 2. The molecule has 1 N–H and O–H groups in total. The van der Waals surface area contributed by atoms with Gasteiger partial charge in [0, 0.05) is 13.1 Å². The topological polar surface area (TPSA) is 102 Å². The smallest absolute Gasteiger partial charge is 0.257 e. The van der Waals surface area contributed by atoms with Crippen LogP contribution < -0.4 is 5.32 Å². The van der Waals surface area contributed by atoms with Crippen LogP contribution in [0.4, 0.5) is 10.1 Å². The van der Waals surface area contributed by atoms with Gasteiger partial charge in [-0.3, -0.25) is 9.59 Å². The molecule has 9 nitrogen and oxygen atoms in total. The molecule has 3 aromatic rings. The molecule has 29 heavy (non-hydrogen) atoms. The molecule has 148 valence electrons. The molecule has 0 spiro atoms. The van der Waals surface area contributed by atoms with Gasteiger partial charge in [0.1, 0.15) is 12.1 Å². The van der Waals surface area contributed by atoms with Crippen LogP contribution in [0.25, 0.3) is 5.69 Å². The molecular weight excluding hydrogens is 379 g/mol. The third kappa shape index (κ3) is 3.97. The molecule has 4 rings (SSSR count). The first-order chi connectivity index (χ1) is 14.1. The molecular formula is C19H17FN6O3. The van der Waals surface area contributed by atoms with Crippen molar-refractivity contribution in [3.05, 3.63) is 65.7 Å². The van der Waals surface area contributed by atoms with E-state index in [0.717, 1.165) is 6.07 Å². The molecule has 2 amide bonds. The van der Waals surface area contributed by atoms with E-state index in [1.807, 2.05) is 0 Å². The standard InChI is InChI=1S/C19H17FN6O3/c20-13-5-6-17(26-12-21-23-24-26)15(11-13)18(27)22-16-4-2-1-3-14(16)19(28)25-7-9-29-10-8-25/h1-6,11-12H,7-10H2,(H,22,27). The molecule has 0 saturated carbocycles. The van der Waals surface area contributed by atoms with Crippen molar-refractivity contribution in [3.8, 4) is 5.69 Å². The number of para-hydroxylation sites is 1. The second kappa shape index (κ2) is 8.15. The number of morpholine rings is 1. The van der Waals surface area contributed by atoms with Gasteiger partial charge >= 0.3 is 0 Å². The number of rotatable bonds is 4. The van der Waals surface area contributed by atoms with Crippen LogP contribution in [0.5, 0.6) is 0 Å². The van der Waals surface area contributed by atoms with E-state index in [9.17, 15) is 14.0 Å². The molecule has 0 aliphatic carbocycles. The highest BCUT2D eigenvalue weighted by Gasteiger charge is 2.23. The van der Waals surface area contributed by atoms with Crippen molar-refractivity contribution in [1.82, 2.24) is 25.1 Å². The monoisotopic (exact) mass is 396 g/mol. The zero-order valence-electron chi connectivity index (χ0n) is 15.3. The van der Waals surface area contributed by atoms with E-state index in [2.05, 4.69) is 20.8 Å². The number of nitrogens with one attached hydrogen (secondary N) is 1. The molecule has 1 saturated heterocycles. The van der Waals surface area contributed by atoms with Crippen LogP contribution in [-0.4, -0.2) is 63.2 Å². The zero-order valence-corrected chi connectivity index (χ0v) is 15.3. The predicted molar refractivity (Wildman–Crippen MR) is 100 cm³/mol. The lowest BCUT2D eigenvalue weighted by Gasteiger charge is -2.27. The minimum atomic E-state index is -0.586. The Balaban J connectivity index is 1.63. The highest BCUT2D eigenvalue weighted by atomic mass is 19.1. The summed E-state index contributed by atoms with van der Waals surface area (Å²) in [5.74, 6) is -1.37. The van der Waals surface area contributed by atoms with Crippen molar-refractivity contribution >= 4 is 17.5 Å². The lowest BCUT2D eigenvalue weighted by atomic mass is 10.1. The van der Waals surface area contributed by atoms with Gasteiger partial charge in [-0.2, -0.15) is 4.68 Å². The summed E-state index contributed by atoms with van der Waals surface area (Å²) in [7, 11) is 0. The number of halogens is 1. The van der Waals surface area contributed by atoms with Crippen LogP contribution >= 0.6 is 0 Å². The van der Waals surface area contributed by atoms with Crippen LogP contribution in [0.15, 0.2) is 48.8 Å². The van der Waals surface area contributed by atoms with Crippen molar-refractivity contribution in [1.29, 1.82) is 0 Å². The lowest BCUT2D eigenvalue weighted by molar-refractivity contribution is 0.0303. The second-order valence-electron chi connectivity index (χ2n) is 6.32. The second-order valence-corrected chi connectivity index (χ2v) is 6.32. The maximum atomic E-state index is 13.8. The molecule has 0 radical (unpaired) electrons. The number of ether oxygens (including phenoxy) is 1. The largest absolute Gasteiger partial charge is 0.378 e. The van der Waals surface area contributed by atoms with E-state index in [-0.39, 0.29) is 11.5 Å². The van der Waals surface area contributed by atoms with Crippen LogP contribution in [0.3, 0.4) is 0 Å². The van der Waals surface area contributed by atoms with Crippen LogP contribution in [0.1, 0.15) is 20.7 Å². The molecule has 1 fully saturated rings. The maximum Gasteiger partial charge on any atom is 0.257 e. The number of carbonyl (C=O) groups excluding carboxylic acids is 2. The van der Waals surface area contributed by atoms with Crippen LogP contribution in [0.2, 0.25) is 0 Å². The molecule has 1 aliphatic heterocycles. The van der Waals surface area contributed by atoms with Gasteiger partial charge in [-0.25, -0.2) is 4.39 Å². The summed E-state index contributed by atoms with van der Waals surface area (Å²) in [5, 5.41) is 13.5. The Kier molecular flexibility index (Phi) is 5.25. The first-order valence-corrected chi connectivity index (χ1v) is 8.94. The number of aromatic nitrogens is 4. The van der Waals surface area contributed by atoms with Gasteiger partial charge in [0.25, 0.3) is 11.8 Å². The van der Waals surface area contributed by atoms with Gasteiger partial charge in [0.05, 0.1) is 35.7 Å². The number of amides is 2. The molecule has 1 aliphatic rings. The number of hydrogen-bond acceptors (Lipinski definition) is 6. The Hall–Kier alpha value is -3.66. The molecule has 0 bridgehead atoms. The van der Waals surface area contributed by atoms with E-state index < -0.39 is 11.7 Å². The van der Waals surface area contributed by atoms with Crippen molar-refractivity contribution in [2.45, 2.75) is 0 Å². The Morgan fingerprint density at radius 3 is 2.62 bits per heavy atom. The molecule has 2 heterocycles. The lowest BCUT2D eigenvalue weighted by Crippen LogP contribution is -2.41.